The molecule has 0 radical (unpaired) electrons. The number of nitrogens with one attached hydrogen (secondary N) is 1. The third-order valence-electron chi connectivity index (χ3n) is 2.89. The number of hydrogen-bond donors (Lipinski definition) is 1. The molecule has 1 aliphatic heterocycles. The molecule has 0 amide bonds. The van der Waals surface area contributed by atoms with E-state index in [9.17, 15) is 4.39 Å². The second-order valence-electron chi connectivity index (χ2n) is 3.95. The molecule has 1 unspecified atom stereocenters. The molecule has 1 aliphatic rings. The Morgan fingerprint density at radius 3 is 3.00 bits per heavy atom. The van der Waals surface area contributed by atoms with E-state index in [2.05, 4.69) is 5.32 Å². The summed E-state index contributed by atoms with van der Waals surface area (Å²) >= 11 is 1.58. The van der Waals surface area contributed by atoms with Crippen molar-refractivity contribution in [2.75, 3.05) is 12.8 Å². The van der Waals surface area contributed by atoms with Gasteiger partial charge in [0.2, 0.25) is 0 Å². The molecule has 0 bridgehead atoms. The van der Waals surface area contributed by atoms with Crippen LogP contribution >= 0.6 is 11.8 Å². The molecule has 0 spiro atoms. The zero-order valence-corrected chi connectivity index (χ0v) is 9.74. The minimum absolute atomic E-state index is 0.0597. The lowest BCUT2D eigenvalue weighted by molar-refractivity contribution is 0.558. The molecule has 1 saturated heterocycles. The molecule has 1 fully saturated rings. The lowest BCUT2D eigenvalue weighted by Crippen LogP contribution is -2.24. The Balaban J connectivity index is 2.07. The van der Waals surface area contributed by atoms with Crippen LogP contribution in [0.3, 0.4) is 0 Å². The number of thioether (sulfide) groups is 1. The average molecular weight is 225 g/mol. The van der Waals surface area contributed by atoms with Gasteiger partial charge in [-0.2, -0.15) is 0 Å². The van der Waals surface area contributed by atoms with Gasteiger partial charge in [0.15, 0.2) is 0 Å². The van der Waals surface area contributed by atoms with Crippen molar-refractivity contribution in [3.8, 4) is 0 Å². The predicted octanol–water partition coefficient (Wildman–Crippen LogP) is 2.84. The molecule has 1 nitrogen and oxygen atoms in total. The van der Waals surface area contributed by atoms with Crippen LogP contribution in [0.5, 0.6) is 0 Å². The number of halogens is 1. The van der Waals surface area contributed by atoms with E-state index < -0.39 is 0 Å². The van der Waals surface area contributed by atoms with E-state index in [1.165, 1.54) is 12.8 Å². The summed E-state index contributed by atoms with van der Waals surface area (Å²) in [6, 6.07) is 6.02. The molecule has 0 aliphatic carbocycles. The minimum Gasteiger partial charge on any atom is -0.314 e. The highest BCUT2D eigenvalue weighted by molar-refractivity contribution is 7.98. The molecule has 0 saturated carbocycles. The topological polar surface area (TPSA) is 12.0 Å². The SMILES string of the molecule is CSc1ccc(CC2CCCN2)c(F)c1. The van der Waals surface area contributed by atoms with Crippen molar-refractivity contribution < 1.29 is 4.39 Å². The van der Waals surface area contributed by atoms with Crippen molar-refractivity contribution in [2.45, 2.75) is 30.2 Å². The van der Waals surface area contributed by atoms with Crippen LogP contribution in [0.4, 0.5) is 4.39 Å². The van der Waals surface area contributed by atoms with E-state index in [0.717, 1.165) is 23.4 Å². The highest BCUT2D eigenvalue weighted by Crippen LogP contribution is 2.20. The van der Waals surface area contributed by atoms with Crippen molar-refractivity contribution in [3.63, 3.8) is 0 Å². The summed E-state index contributed by atoms with van der Waals surface area (Å²) in [5, 5.41) is 3.39. The van der Waals surface area contributed by atoms with Crippen molar-refractivity contribution in [1.29, 1.82) is 0 Å². The fraction of sp³-hybridized carbons (Fsp3) is 0.500. The third-order valence-corrected chi connectivity index (χ3v) is 3.61. The summed E-state index contributed by atoms with van der Waals surface area (Å²) in [7, 11) is 0. The summed E-state index contributed by atoms with van der Waals surface area (Å²) in [5.41, 5.74) is 0.840. The van der Waals surface area contributed by atoms with Gasteiger partial charge >= 0.3 is 0 Å². The average Bonchev–Trinajstić information content (AvgIpc) is 2.74. The Hall–Kier alpha value is -0.540. The lowest BCUT2D eigenvalue weighted by Gasteiger charge is -2.11. The monoisotopic (exact) mass is 225 g/mol. The molecule has 1 aromatic carbocycles. The summed E-state index contributed by atoms with van der Waals surface area (Å²) in [4.78, 5) is 0.996. The number of rotatable bonds is 3. The lowest BCUT2D eigenvalue weighted by atomic mass is 10.0. The van der Waals surface area contributed by atoms with Crippen LogP contribution < -0.4 is 5.32 Å². The summed E-state index contributed by atoms with van der Waals surface area (Å²) in [5.74, 6) is -0.0597. The molecule has 0 aromatic heterocycles. The van der Waals surface area contributed by atoms with Crippen LogP contribution in [0.1, 0.15) is 18.4 Å². The van der Waals surface area contributed by atoms with E-state index in [-0.39, 0.29) is 5.82 Å². The van der Waals surface area contributed by atoms with Gasteiger partial charge < -0.3 is 5.32 Å². The highest BCUT2D eigenvalue weighted by Gasteiger charge is 2.16. The van der Waals surface area contributed by atoms with Gasteiger partial charge in [-0.1, -0.05) is 6.07 Å². The Morgan fingerprint density at radius 1 is 1.53 bits per heavy atom. The maximum atomic E-state index is 13.6. The summed E-state index contributed by atoms with van der Waals surface area (Å²) in [6.45, 7) is 1.08. The first-order chi connectivity index (χ1) is 7.29. The van der Waals surface area contributed by atoms with Crippen molar-refractivity contribution in [1.82, 2.24) is 5.32 Å². The van der Waals surface area contributed by atoms with Crippen molar-refractivity contribution in [2.24, 2.45) is 0 Å². The van der Waals surface area contributed by atoms with Gasteiger partial charge in [-0.05, 0) is 49.8 Å². The quantitative estimate of drug-likeness (QED) is 0.794. The van der Waals surface area contributed by atoms with Crippen LogP contribution in [0.15, 0.2) is 23.1 Å². The van der Waals surface area contributed by atoms with Gasteiger partial charge in [0.1, 0.15) is 5.82 Å². The largest absolute Gasteiger partial charge is 0.314 e. The number of hydrogen-bond acceptors (Lipinski definition) is 2. The first kappa shape index (κ1) is 11.0. The van der Waals surface area contributed by atoms with Gasteiger partial charge in [0.25, 0.3) is 0 Å². The van der Waals surface area contributed by atoms with Crippen molar-refractivity contribution in [3.05, 3.63) is 29.6 Å². The van der Waals surface area contributed by atoms with Gasteiger partial charge in [-0.25, -0.2) is 4.39 Å². The second kappa shape index (κ2) is 4.99. The Morgan fingerprint density at radius 2 is 2.40 bits per heavy atom. The fourth-order valence-corrected chi connectivity index (χ4v) is 2.44. The Bertz CT molecular complexity index is 334. The first-order valence-electron chi connectivity index (χ1n) is 5.35. The van der Waals surface area contributed by atoms with Crippen LogP contribution in [0, 0.1) is 5.82 Å². The molecule has 15 heavy (non-hydrogen) atoms. The first-order valence-corrected chi connectivity index (χ1v) is 6.58. The van der Waals surface area contributed by atoms with Gasteiger partial charge in [-0.3, -0.25) is 0 Å². The third kappa shape index (κ3) is 2.73. The Kier molecular flexibility index (Phi) is 3.65. The van der Waals surface area contributed by atoms with Crippen LogP contribution in [0.25, 0.3) is 0 Å². The molecule has 1 N–H and O–H groups in total. The standard InChI is InChI=1S/C12H16FNS/c1-15-11-5-4-9(12(13)8-11)7-10-3-2-6-14-10/h4-5,8,10,14H,2-3,6-7H2,1H3. The second-order valence-corrected chi connectivity index (χ2v) is 4.83. The smallest absolute Gasteiger partial charge is 0.127 e. The summed E-state index contributed by atoms with van der Waals surface area (Å²) in [6.07, 6.45) is 5.17. The molecule has 2 rings (SSSR count). The van der Waals surface area contributed by atoms with E-state index in [1.54, 1.807) is 17.8 Å². The van der Waals surface area contributed by atoms with Crippen molar-refractivity contribution >= 4 is 11.8 Å². The van der Waals surface area contributed by atoms with Gasteiger partial charge in [0, 0.05) is 10.9 Å². The zero-order valence-electron chi connectivity index (χ0n) is 8.92. The molecule has 3 heteroatoms. The maximum Gasteiger partial charge on any atom is 0.127 e. The van der Waals surface area contributed by atoms with Crippen LogP contribution in [-0.2, 0) is 6.42 Å². The fourth-order valence-electron chi connectivity index (χ4n) is 2.02. The molecular formula is C12H16FNS. The normalized spacial score (nSPS) is 20.8. The predicted molar refractivity (Wildman–Crippen MR) is 62.9 cm³/mol. The molecule has 1 aromatic rings. The molecule has 1 atom stereocenters. The summed E-state index contributed by atoms with van der Waals surface area (Å²) < 4.78 is 13.6. The van der Waals surface area contributed by atoms with Crippen LogP contribution in [0.2, 0.25) is 0 Å². The minimum atomic E-state index is -0.0597. The van der Waals surface area contributed by atoms with E-state index in [4.69, 9.17) is 0 Å². The maximum absolute atomic E-state index is 13.6. The van der Waals surface area contributed by atoms with Gasteiger partial charge in [-0.15, -0.1) is 11.8 Å². The zero-order chi connectivity index (χ0) is 10.7. The molecule has 1 heterocycles. The van der Waals surface area contributed by atoms with Gasteiger partial charge in [0.05, 0.1) is 0 Å². The molecule has 82 valence electrons. The number of benzene rings is 1. The highest BCUT2D eigenvalue weighted by atomic mass is 32.2. The van der Waals surface area contributed by atoms with Crippen LogP contribution in [-0.4, -0.2) is 18.8 Å². The van der Waals surface area contributed by atoms with E-state index in [1.807, 2.05) is 18.4 Å². The van der Waals surface area contributed by atoms with E-state index in [0.29, 0.717) is 6.04 Å². The Labute approximate surface area is 94.5 Å². The van der Waals surface area contributed by atoms with E-state index >= 15 is 0 Å². The molecular weight excluding hydrogens is 209 g/mol.